The summed E-state index contributed by atoms with van der Waals surface area (Å²) in [5.74, 6) is -0.496. The molecule has 124 valence electrons. The van der Waals surface area contributed by atoms with Crippen molar-refractivity contribution in [3.8, 4) is 17.0 Å². The quantitative estimate of drug-likeness (QED) is 0.883. The Labute approximate surface area is 136 Å². The highest BCUT2D eigenvalue weighted by atomic mass is 16.5. The van der Waals surface area contributed by atoms with E-state index in [1.807, 2.05) is 41.5 Å². The zero-order valence-corrected chi connectivity index (χ0v) is 14.5. The predicted molar refractivity (Wildman–Crippen MR) is 89.5 cm³/mol. The van der Waals surface area contributed by atoms with Crippen LogP contribution in [0.15, 0.2) is 22.9 Å². The topological polar surface area (TPSA) is 89.4 Å². The Morgan fingerprint density at radius 3 is 1.87 bits per heavy atom. The fourth-order valence-corrected chi connectivity index (χ4v) is 2.63. The predicted octanol–water partition coefficient (Wildman–Crippen LogP) is 3.74. The third kappa shape index (κ3) is 3.23. The molecule has 3 N–H and O–H groups in total. The molecule has 2 aromatic rings. The molecule has 0 aliphatic carbocycles. The maximum atomic E-state index is 11.8. The molecular weight excluding hydrogens is 292 g/mol. The van der Waals surface area contributed by atoms with Crippen molar-refractivity contribution >= 4 is 5.91 Å². The van der Waals surface area contributed by atoms with Crippen LogP contribution in [0.25, 0.3) is 11.3 Å². The molecule has 23 heavy (non-hydrogen) atoms. The molecule has 0 spiro atoms. The number of benzene rings is 1. The Hall–Kier alpha value is -2.30. The van der Waals surface area contributed by atoms with Crippen LogP contribution in [-0.2, 0) is 10.8 Å². The Kier molecular flexibility index (Phi) is 4.01. The summed E-state index contributed by atoms with van der Waals surface area (Å²) in [5, 5.41) is 14.1. The first-order valence-electron chi connectivity index (χ1n) is 7.55. The van der Waals surface area contributed by atoms with E-state index in [2.05, 4.69) is 5.16 Å². The van der Waals surface area contributed by atoms with Crippen molar-refractivity contribution in [2.45, 2.75) is 52.4 Å². The number of primary amides is 1. The highest BCUT2D eigenvalue weighted by Crippen LogP contribution is 2.43. The molecule has 5 nitrogen and oxygen atoms in total. The van der Waals surface area contributed by atoms with Crippen molar-refractivity contribution in [1.82, 2.24) is 5.16 Å². The van der Waals surface area contributed by atoms with Crippen LogP contribution in [0.1, 0.15) is 63.0 Å². The Morgan fingerprint density at radius 1 is 1.09 bits per heavy atom. The molecule has 1 aromatic carbocycles. The van der Waals surface area contributed by atoms with Gasteiger partial charge in [0.2, 0.25) is 5.91 Å². The first kappa shape index (κ1) is 17.1. The lowest BCUT2D eigenvalue weighted by molar-refractivity contribution is 0.1000. The maximum Gasteiger partial charge on any atom is 0.248 e. The summed E-state index contributed by atoms with van der Waals surface area (Å²) in [6, 6.07) is 3.56. The molecule has 1 amide bonds. The first-order chi connectivity index (χ1) is 10.4. The number of carbonyl (C=O) groups is 1. The summed E-state index contributed by atoms with van der Waals surface area (Å²) in [6.07, 6.45) is 1.20. The van der Waals surface area contributed by atoms with E-state index in [-0.39, 0.29) is 16.6 Å². The van der Waals surface area contributed by atoms with Crippen LogP contribution in [0.3, 0.4) is 0 Å². The first-order valence-corrected chi connectivity index (χ1v) is 7.55. The maximum absolute atomic E-state index is 11.8. The SMILES string of the molecule is CC(C)(C)c1cc(C(N)=O)cc(C(C)(C)C)c1-c1nocc1O. The van der Waals surface area contributed by atoms with Gasteiger partial charge >= 0.3 is 0 Å². The number of rotatable bonds is 2. The van der Waals surface area contributed by atoms with Gasteiger partial charge in [-0.25, -0.2) is 0 Å². The third-order valence-electron chi connectivity index (χ3n) is 3.83. The number of hydrogen-bond donors (Lipinski definition) is 2. The normalized spacial score (nSPS) is 12.4. The smallest absolute Gasteiger partial charge is 0.248 e. The molecule has 2 rings (SSSR count). The van der Waals surface area contributed by atoms with Crippen molar-refractivity contribution in [2.75, 3.05) is 0 Å². The van der Waals surface area contributed by atoms with E-state index >= 15 is 0 Å². The fraction of sp³-hybridized carbons (Fsp3) is 0.444. The van der Waals surface area contributed by atoms with Crippen molar-refractivity contribution in [2.24, 2.45) is 5.73 Å². The average molecular weight is 316 g/mol. The minimum atomic E-state index is -0.475. The van der Waals surface area contributed by atoms with E-state index in [0.29, 0.717) is 11.3 Å². The van der Waals surface area contributed by atoms with Gasteiger partial charge in [-0.3, -0.25) is 4.79 Å². The van der Waals surface area contributed by atoms with Crippen LogP contribution < -0.4 is 5.73 Å². The second kappa shape index (κ2) is 5.41. The number of aromatic hydroxyl groups is 1. The molecule has 0 unspecified atom stereocenters. The summed E-state index contributed by atoms with van der Waals surface area (Å²) < 4.78 is 4.92. The van der Waals surface area contributed by atoms with Gasteiger partial charge in [-0.1, -0.05) is 46.7 Å². The van der Waals surface area contributed by atoms with Crippen LogP contribution in [0.2, 0.25) is 0 Å². The summed E-state index contributed by atoms with van der Waals surface area (Å²) in [7, 11) is 0. The van der Waals surface area contributed by atoms with Crippen molar-refractivity contribution in [3.63, 3.8) is 0 Å². The largest absolute Gasteiger partial charge is 0.503 e. The highest BCUT2D eigenvalue weighted by molar-refractivity contribution is 5.95. The second-order valence-corrected chi connectivity index (χ2v) is 7.86. The van der Waals surface area contributed by atoms with Crippen molar-refractivity contribution in [1.29, 1.82) is 0 Å². The lowest BCUT2D eigenvalue weighted by Gasteiger charge is -2.30. The zero-order chi connectivity index (χ0) is 17.6. The van der Waals surface area contributed by atoms with E-state index < -0.39 is 5.91 Å². The third-order valence-corrected chi connectivity index (χ3v) is 3.83. The number of aromatic nitrogens is 1. The molecule has 0 fully saturated rings. The molecule has 0 aliphatic heterocycles. The van der Waals surface area contributed by atoms with Gasteiger partial charge in [0, 0.05) is 11.1 Å². The van der Waals surface area contributed by atoms with E-state index in [0.717, 1.165) is 16.7 Å². The molecule has 0 atom stereocenters. The summed E-state index contributed by atoms with van der Waals surface area (Å²) in [5.41, 5.74) is 8.38. The van der Waals surface area contributed by atoms with Crippen LogP contribution in [0.5, 0.6) is 5.75 Å². The summed E-state index contributed by atoms with van der Waals surface area (Å²) in [4.78, 5) is 11.8. The molecule has 0 saturated carbocycles. The molecule has 0 aliphatic rings. The van der Waals surface area contributed by atoms with Crippen molar-refractivity contribution in [3.05, 3.63) is 35.1 Å². The van der Waals surface area contributed by atoms with E-state index in [1.54, 1.807) is 12.1 Å². The minimum Gasteiger partial charge on any atom is -0.503 e. The van der Waals surface area contributed by atoms with Gasteiger partial charge in [-0.2, -0.15) is 0 Å². The molecule has 0 saturated heterocycles. The Balaban J connectivity index is 2.96. The van der Waals surface area contributed by atoms with Gasteiger partial charge in [0.1, 0.15) is 0 Å². The molecule has 1 aromatic heterocycles. The van der Waals surface area contributed by atoms with Gasteiger partial charge in [-0.15, -0.1) is 0 Å². The standard InChI is InChI=1S/C18H24N2O3/c1-17(2,3)11-7-10(16(19)22)8-12(18(4,5)6)14(11)15-13(21)9-23-20-15/h7-9,21H,1-6H3,(H2,19,22). The Bertz CT molecular complexity index is 711. The van der Waals surface area contributed by atoms with Crippen LogP contribution in [0, 0.1) is 0 Å². The Morgan fingerprint density at radius 2 is 1.57 bits per heavy atom. The van der Waals surface area contributed by atoms with Gasteiger partial charge in [0.15, 0.2) is 17.7 Å². The second-order valence-electron chi connectivity index (χ2n) is 7.86. The minimum absolute atomic E-state index is 0.0205. The molecule has 1 heterocycles. The van der Waals surface area contributed by atoms with E-state index in [4.69, 9.17) is 10.3 Å². The number of hydrogen-bond acceptors (Lipinski definition) is 4. The number of carbonyl (C=O) groups excluding carboxylic acids is 1. The van der Waals surface area contributed by atoms with E-state index in [9.17, 15) is 9.90 Å². The molecule has 0 bridgehead atoms. The summed E-state index contributed by atoms with van der Waals surface area (Å²) in [6.45, 7) is 12.3. The summed E-state index contributed by atoms with van der Waals surface area (Å²) >= 11 is 0. The monoisotopic (exact) mass is 316 g/mol. The van der Waals surface area contributed by atoms with Crippen LogP contribution >= 0.6 is 0 Å². The van der Waals surface area contributed by atoms with Crippen LogP contribution in [-0.4, -0.2) is 16.2 Å². The van der Waals surface area contributed by atoms with Crippen molar-refractivity contribution < 1.29 is 14.4 Å². The highest BCUT2D eigenvalue weighted by Gasteiger charge is 2.30. The fourth-order valence-electron chi connectivity index (χ4n) is 2.63. The molecule has 0 radical (unpaired) electrons. The zero-order valence-electron chi connectivity index (χ0n) is 14.5. The lowest BCUT2D eigenvalue weighted by Crippen LogP contribution is -2.22. The van der Waals surface area contributed by atoms with Gasteiger partial charge in [0.25, 0.3) is 0 Å². The number of nitrogens with zero attached hydrogens (tertiary/aromatic N) is 1. The molecular formula is C18H24N2O3. The van der Waals surface area contributed by atoms with Gasteiger partial charge in [-0.05, 0) is 34.1 Å². The average Bonchev–Trinajstić information content (AvgIpc) is 2.81. The molecule has 5 heteroatoms. The number of amides is 1. The van der Waals surface area contributed by atoms with Gasteiger partial charge < -0.3 is 15.4 Å². The lowest BCUT2D eigenvalue weighted by atomic mass is 9.74. The van der Waals surface area contributed by atoms with Crippen LogP contribution in [0.4, 0.5) is 0 Å². The number of nitrogens with two attached hydrogens (primary N) is 1. The van der Waals surface area contributed by atoms with Gasteiger partial charge in [0.05, 0.1) is 0 Å². The van der Waals surface area contributed by atoms with E-state index in [1.165, 1.54) is 6.26 Å².